The highest BCUT2D eigenvalue weighted by atomic mass is 16.5. The summed E-state index contributed by atoms with van der Waals surface area (Å²) in [6, 6.07) is 3.01. The number of aliphatic carboxylic acids is 1. The normalized spacial score (nSPS) is 13.4. The number of benzene rings is 1. The molecule has 0 fully saturated rings. The summed E-state index contributed by atoms with van der Waals surface area (Å²) in [4.78, 5) is 22.7. The topological polar surface area (TPSA) is 122 Å². The van der Waals surface area contributed by atoms with Crippen LogP contribution < -0.4 is 15.8 Å². The number of hydrogen-bond acceptors (Lipinski definition) is 5. The smallest absolute Gasteiger partial charge is 0.328 e. The van der Waals surface area contributed by atoms with Crippen LogP contribution in [0.5, 0.6) is 5.75 Å². The van der Waals surface area contributed by atoms with Crippen molar-refractivity contribution in [1.29, 1.82) is 0 Å². The molecule has 0 aliphatic rings. The number of aliphatic hydroxyl groups excluding tert-OH is 1. The van der Waals surface area contributed by atoms with Crippen molar-refractivity contribution in [3.63, 3.8) is 0 Å². The van der Waals surface area contributed by atoms with Crippen molar-refractivity contribution in [1.82, 2.24) is 5.32 Å². The summed E-state index contributed by atoms with van der Waals surface area (Å²) in [5.74, 6) is -1.51. The summed E-state index contributed by atoms with van der Waals surface area (Å²) in [7, 11) is 1.46. The SMILES string of the molecule is COc1ccc(C(=O)N[C@H](C(=O)O)[C@@H](C)O)c(N)c1. The van der Waals surface area contributed by atoms with E-state index < -0.39 is 24.0 Å². The van der Waals surface area contributed by atoms with Gasteiger partial charge in [0.2, 0.25) is 0 Å². The Labute approximate surface area is 110 Å². The van der Waals surface area contributed by atoms with Crippen LogP contribution in [0.15, 0.2) is 18.2 Å². The van der Waals surface area contributed by atoms with Crippen LogP contribution in [0.2, 0.25) is 0 Å². The zero-order chi connectivity index (χ0) is 14.6. The quantitative estimate of drug-likeness (QED) is 0.550. The number of hydrogen-bond donors (Lipinski definition) is 4. The van der Waals surface area contributed by atoms with E-state index >= 15 is 0 Å². The van der Waals surface area contributed by atoms with Crippen molar-refractivity contribution in [2.45, 2.75) is 19.1 Å². The van der Waals surface area contributed by atoms with E-state index in [0.29, 0.717) is 5.75 Å². The molecule has 1 aromatic rings. The summed E-state index contributed by atoms with van der Waals surface area (Å²) >= 11 is 0. The van der Waals surface area contributed by atoms with E-state index in [1.807, 2.05) is 0 Å². The van der Waals surface area contributed by atoms with Gasteiger partial charge >= 0.3 is 5.97 Å². The molecule has 0 aromatic heterocycles. The van der Waals surface area contributed by atoms with Gasteiger partial charge in [-0.1, -0.05) is 0 Å². The lowest BCUT2D eigenvalue weighted by Crippen LogP contribution is -2.47. The van der Waals surface area contributed by atoms with Gasteiger partial charge in [0.25, 0.3) is 5.91 Å². The van der Waals surface area contributed by atoms with Crippen LogP contribution in [0, 0.1) is 0 Å². The van der Waals surface area contributed by atoms with E-state index in [-0.39, 0.29) is 11.3 Å². The number of carbonyl (C=O) groups is 2. The van der Waals surface area contributed by atoms with Gasteiger partial charge in [0, 0.05) is 11.8 Å². The van der Waals surface area contributed by atoms with Crippen molar-refractivity contribution < 1.29 is 24.5 Å². The maximum atomic E-state index is 11.9. The lowest BCUT2D eigenvalue weighted by molar-refractivity contribution is -0.141. The molecular formula is C12H16N2O5. The Bertz CT molecular complexity index is 487. The zero-order valence-electron chi connectivity index (χ0n) is 10.6. The first-order valence-corrected chi connectivity index (χ1v) is 5.52. The molecule has 0 aliphatic heterocycles. The number of aliphatic hydroxyl groups is 1. The Morgan fingerprint density at radius 3 is 2.47 bits per heavy atom. The molecule has 7 heteroatoms. The molecule has 0 bridgehead atoms. The Balaban J connectivity index is 2.91. The molecule has 0 radical (unpaired) electrons. The summed E-state index contributed by atoms with van der Waals surface area (Å²) in [6.07, 6.45) is -1.22. The number of amides is 1. The van der Waals surface area contributed by atoms with Gasteiger partial charge in [-0.3, -0.25) is 4.79 Å². The largest absolute Gasteiger partial charge is 0.497 e. The molecule has 19 heavy (non-hydrogen) atoms. The molecule has 0 unspecified atom stereocenters. The average Bonchev–Trinajstić information content (AvgIpc) is 2.34. The Hall–Kier alpha value is -2.28. The lowest BCUT2D eigenvalue weighted by atomic mass is 10.1. The monoisotopic (exact) mass is 268 g/mol. The van der Waals surface area contributed by atoms with Crippen LogP contribution in [-0.2, 0) is 4.79 Å². The zero-order valence-corrected chi connectivity index (χ0v) is 10.6. The number of rotatable bonds is 5. The van der Waals surface area contributed by atoms with Crippen LogP contribution in [0.25, 0.3) is 0 Å². The lowest BCUT2D eigenvalue weighted by Gasteiger charge is -2.17. The van der Waals surface area contributed by atoms with Crippen molar-refractivity contribution in [2.24, 2.45) is 0 Å². The van der Waals surface area contributed by atoms with Crippen molar-refractivity contribution in [2.75, 3.05) is 12.8 Å². The number of anilines is 1. The number of nitrogens with one attached hydrogen (secondary N) is 1. The fourth-order valence-electron chi connectivity index (χ4n) is 1.48. The minimum Gasteiger partial charge on any atom is -0.497 e. The highest BCUT2D eigenvalue weighted by Gasteiger charge is 2.26. The first kappa shape index (κ1) is 14.8. The molecule has 0 saturated heterocycles. The minimum absolute atomic E-state index is 0.118. The van der Waals surface area contributed by atoms with Crippen molar-refractivity contribution in [3.8, 4) is 5.75 Å². The predicted octanol–water partition coefficient (Wildman–Crippen LogP) is -0.159. The van der Waals surface area contributed by atoms with Crippen molar-refractivity contribution >= 4 is 17.6 Å². The van der Waals surface area contributed by atoms with Gasteiger partial charge in [0.05, 0.1) is 18.8 Å². The first-order valence-electron chi connectivity index (χ1n) is 5.52. The van der Waals surface area contributed by atoms with Crippen LogP contribution in [0.4, 0.5) is 5.69 Å². The van der Waals surface area contributed by atoms with Gasteiger partial charge < -0.3 is 26.0 Å². The molecule has 0 saturated carbocycles. The minimum atomic E-state index is -1.39. The van der Waals surface area contributed by atoms with Crippen molar-refractivity contribution in [3.05, 3.63) is 23.8 Å². The van der Waals surface area contributed by atoms with Gasteiger partial charge in [0.1, 0.15) is 5.75 Å². The molecule has 2 atom stereocenters. The molecule has 0 aliphatic carbocycles. The van der Waals surface area contributed by atoms with Crippen LogP contribution in [0.3, 0.4) is 0 Å². The third-order valence-electron chi connectivity index (χ3n) is 2.54. The molecule has 1 amide bonds. The highest BCUT2D eigenvalue weighted by molar-refractivity contribution is 6.01. The van der Waals surface area contributed by atoms with Crippen LogP contribution in [-0.4, -0.2) is 41.3 Å². The molecule has 5 N–H and O–H groups in total. The van der Waals surface area contributed by atoms with Gasteiger partial charge in [-0.25, -0.2) is 4.79 Å². The molecule has 1 rings (SSSR count). The summed E-state index contributed by atoms with van der Waals surface area (Å²) in [6.45, 7) is 1.27. The Morgan fingerprint density at radius 1 is 1.42 bits per heavy atom. The van der Waals surface area contributed by atoms with E-state index in [4.69, 9.17) is 15.6 Å². The van der Waals surface area contributed by atoms with E-state index in [1.165, 1.54) is 32.2 Å². The maximum absolute atomic E-state index is 11.9. The second-order valence-electron chi connectivity index (χ2n) is 3.98. The second kappa shape index (κ2) is 6.05. The number of carboxylic acid groups (broad SMARTS) is 1. The Kier molecular flexibility index (Phi) is 4.71. The number of carboxylic acids is 1. The number of ether oxygens (including phenoxy) is 1. The van der Waals surface area contributed by atoms with E-state index in [0.717, 1.165) is 0 Å². The molecule has 0 spiro atoms. The second-order valence-corrected chi connectivity index (χ2v) is 3.98. The van der Waals surface area contributed by atoms with Crippen LogP contribution >= 0.6 is 0 Å². The molecule has 0 heterocycles. The number of carbonyl (C=O) groups excluding carboxylic acids is 1. The Morgan fingerprint density at radius 2 is 2.05 bits per heavy atom. The van der Waals surface area contributed by atoms with Gasteiger partial charge in [0.15, 0.2) is 6.04 Å². The standard InChI is InChI=1S/C12H16N2O5/c1-6(15)10(12(17)18)14-11(16)8-4-3-7(19-2)5-9(8)13/h3-6,10,15H,13H2,1-2H3,(H,14,16)(H,17,18)/t6-,10+/m1/s1. The van der Waals surface area contributed by atoms with Crippen LogP contribution in [0.1, 0.15) is 17.3 Å². The maximum Gasteiger partial charge on any atom is 0.328 e. The molecule has 104 valence electrons. The van der Waals surface area contributed by atoms with E-state index in [9.17, 15) is 14.7 Å². The predicted molar refractivity (Wildman–Crippen MR) is 68.0 cm³/mol. The summed E-state index contributed by atoms with van der Waals surface area (Å²) < 4.78 is 4.94. The average molecular weight is 268 g/mol. The number of nitrogen functional groups attached to an aromatic ring is 1. The summed E-state index contributed by atoms with van der Waals surface area (Å²) in [5.41, 5.74) is 5.95. The van der Waals surface area contributed by atoms with Gasteiger partial charge in [-0.2, -0.15) is 0 Å². The van der Waals surface area contributed by atoms with Gasteiger partial charge in [-0.15, -0.1) is 0 Å². The fraction of sp³-hybridized carbons (Fsp3) is 0.333. The first-order chi connectivity index (χ1) is 8.86. The third-order valence-corrected chi connectivity index (χ3v) is 2.54. The molecule has 7 nitrogen and oxygen atoms in total. The summed E-state index contributed by atoms with van der Waals surface area (Å²) in [5, 5.41) is 20.3. The fourth-order valence-corrected chi connectivity index (χ4v) is 1.48. The highest BCUT2D eigenvalue weighted by Crippen LogP contribution is 2.19. The number of methoxy groups -OCH3 is 1. The molecule has 1 aromatic carbocycles. The molecular weight excluding hydrogens is 252 g/mol. The van der Waals surface area contributed by atoms with Gasteiger partial charge in [-0.05, 0) is 19.1 Å². The van der Waals surface area contributed by atoms with E-state index in [2.05, 4.69) is 5.32 Å². The third kappa shape index (κ3) is 3.59. The van der Waals surface area contributed by atoms with E-state index in [1.54, 1.807) is 0 Å². The number of nitrogens with two attached hydrogens (primary N) is 1.